The third-order valence-electron chi connectivity index (χ3n) is 3.84. The van der Waals surface area contributed by atoms with Crippen LogP contribution in [0.5, 0.6) is 0 Å². The van der Waals surface area contributed by atoms with Gasteiger partial charge in [-0.15, -0.1) is 0 Å². The number of aromatic nitrogens is 1. The van der Waals surface area contributed by atoms with Crippen LogP contribution in [0, 0.1) is 11.3 Å². The number of hydrogen-bond acceptors (Lipinski definition) is 5. The summed E-state index contributed by atoms with van der Waals surface area (Å²) in [5.41, 5.74) is 1.86. The van der Waals surface area contributed by atoms with Crippen LogP contribution in [0.1, 0.15) is 48.3 Å². The summed E-state index contributed by atoms with van der Waals surface area (Å²) in [6.45, 7) is 3.94. The molecule has 2 rings (SSSR count). The van der Waals surface area contributed by atoms with Crippen LogP contribution < -0.4 is 5.32 Å². The van der Waals surface area contributed by atoms with Gasteiger partial charge in [0.25, 0.3) is 0 Å². The second kappa shape index (κ2) is 9.74. The predicted octanol–water partition coefficient (Wildman–Crippen LogP) is 4.11. The number of aryl methyl sites for hydroxylation is 1. The number of nitrogens with zero attached hydrogens (tertiary/aromatic N) is 2. The zero-order chi connectivity index (χ0) is 19.8. The first kappa shape index (κ1) is 20.5. The molecule has 1 amide bonds. The van der Waals surface area contributed by atoms with Gasteiger partial charge in [0.2, 0.25) is 5.91 Å². The normalized spacial score (nSPS) is 11.4. The lowest BCUT2D eigenvalue weighted by Crippen LogP contribution is -2.25. The topological polar surface area (TPSA) is 103 Å². The summed E-state index contributed by atoms with van der Waals surface area (Å²) in [5.74, 6) is -1.31. The highest BCUT2D eigenvalue weighted by Crippen LogP contribution is 2.28. The highest BCUT2D eigenvalue weighted by atomic mass is 32.2. The molecule has 0 bridgehead atoms. The summed E-state index contributed by atoms with van der Waals surface area (Å²) in [7, 11) is 0. The molecule has 27 heavy (non-hydrogen) atoms. The molecule has 2 N–H and O–H groups in total. The van der Waals surface area contributed by atoms with Crippen LogP contribution in [0.4, 0.5) is 5.69 Å². The van der Waals surface area contributed by atoms with E-state index in [2.05, 4.69) is 23.3 Å². The van der Waals surface area contributed by atoms with Gasteiger partial charge < -0.3 is 10.4 Å². The molecular formula is C20H21N3O3S. The number of aromatic carboxylic acids is 1. The number of anilines is 1. The fourth-order valence-electron chi connectivity index (χ4n) is 2.46. The number of carbonyl (C=O) groups excluding carboxylic acids is 1. The second-order valence-electron chi connectivity index (χ2n) is 5.91. The van der Waals surface area contributed by atoms with Crippen molar-refractivity contribution in [2.75, 3.05) is 5.32 Å². The quantitative estimate of drug-likeness (QED) is 0.665. The molecule has 6 nitrogen and oxygen atoms in total. The molecule has 0 aliphatic rings. The number of carboxylic acids is 1. The van der Waals surface area contributed by atoms with E-state index < -0.39 is 11.2 Å². The van der Waals surface area contributed by atoms with E-state index >= 15 is 0 Å². The molecule has 1 unspecified atom stereocenters. The van der Waals surface area contributed by atoms with Crippen LogP contribution in [-0.2, 0) is 11.2 Å². The van der Waals surface area contributed by atoms with Crippen LogP contribution in [-0.4, -0.2) is 27.2 Å². The maximum Gasteiger partial charge on any atom is 0.335 e. The first-order valence-electron chi connectivity index (χ1n) is 8.69. The molecule has 2 aromatic rings. The van der Waals surface area contributed by atoms with Crippen molar-refractivity contribution in [2.24, 2.45) is 0 Å². The van der Waals surface area contributed by atoms with Crippen molar-refractivity contribution in [1.29, 1.82) is 5.26 Å². The summed E-state index contributed by atoms with van der Waals surface area (Å²) < 4.78 is 0. The minimum atomic E-state index is -1.05. The van der Waals surface area contributed by atoms with E-state index in [1.165, 1.54) is 23.9 Å². The molecule has 7 heteroatoms. The van der Waals surface area contributed by atoms with Crippen molar-refractivity contribution in [2.45, 2.75) is 43.4 Å². The highest BCUT2D eigenvalue weighted by molar-refractivity contribution is 8.00. The van der Waals surface area contributed by atoms with Crippen LogP contribution in [0.15, 0.2) is 41.4 Å². The van der Waals surface area contributed by atoms with Crippen molar-refractivity contribution < 1.29 is 14.7 Å². The summed E-state index contributed by atoms with van der Waals surface area (Å²) in [5, 5.41) is 21.2. The summed E-state index contributed by atoms with van der Waals surface area (Å²) >= 11 is 1.26. The van der Waals surface area contributed by atoms with E-state index in [1.807, 2.05) is 13.0 Å². The molecule has 1 heterocycles. The van der Waals surface area contributed by atoms with E-state index in [0.717, 1.165) is 18.5 Å². The van der Waals surface area contributed by atoms with Gasteiger partial charge in [-0.25, -0.2) is 9.78 Å². The average molecular weight is 383 g/mol. The standard InChI is InChI=1S/C20H21N3O3S/c1-3-6-15-10-9-14(12-21)19(23-15)27-17(4-2)18(24)22-16-8-5-7-13(11-16)20(25)26/h5,7-11,17H,3-4,6H2,1-2H3,(H,22,24)(H,25,26). The van der Waals surface area contributed by atoms with Crippen LogP contribution in [0.2, 0.25) is 0 Å². The molecule has 0 spiro atoms. The average Bonchev–Trinajstić information content (AvgIpc) is 2.66. The van der Waals surface area contributed by atoms with Crippen molar-refractivity contribution in [3.05, 3.63) is 53.2 Å². The number of amides is 1. The van der Waals surface area contributed by atoms with Gasteiger partial charge in [-0.3, -0.25) is 4.79 Å². The minimum absolute atomic E-state index is 0.106. The molecule has 1 atom stereocenters. The predicted molar refractivity (Wildman–Crippen MR) is 105 cm³/mol. The van der Waals surface area contributed by atoms with E-state index in [9.17, 15) is 14.9 Å². The first-order valence-corrected chi connectivity index (χ1v) is 9.57. The van der Waals surface area contributed by atoms with Crippen LogP contribution in [0.25, 0.3) is 0 Å². The van der Waals surface area contributed by atoms with Gasteiger partial charge in [0, 0.05) is 11.4 Å². The third-order valence-corrected chi connectivity index (χ3v) is 5.21. The Kier molecular flexibility index (Phi) is 7.38. The maximum atomic E-state index is 12.6. The number of thioether (sulfide) groups is 1. The van der Waals surface area contributed by atoms with Gasteiger partial charge in [-0.2, -0.15) is 5.26 Å². The minimum Gasteiger partial charge on any atom is -0.478 e. The lowest BCUT2D eigenvalue weighted by molar-refractivity contribution is -0.115. The Balaban J connectivity index is 2.18. The molecule has 0 saturated carbocycles. The Morgan fingerprint density at radius 3 is 2.70 bits per heavy atom. The van der Waals surface area contributed by atoms with E-state index in [0.29, 0.717) is 22.7 Å². The van der Waals surface area contributed by atoms with Gasteiger partial charge >= 0.3 is 5.97 Å². The van der Waals surface area contributed by atoms with Crippen LogP contribution >= 0.6 is 11.8 Å². The molecule has 0 radical (unpaired) electrons. The Hall–Kier alpha value is -2.85. The number of pyridine rings is 1. The SMILES string of the molecule is CCCc1ccc(C#N)c(SC(CC)C(=O)Nc2cccc(C(=O)O)c2)n1. The molecule has 140 valence electrons. The zero-order valence-corrected chi connectivity index (χ0v) is 16.0. The van der Waals surface area contributed by atoms with Crippen molar-refractivity contribution >= 4 is 29.3 Å². The fraction of sp³-hybridized carbons (Fsp3) is 0.300. The van der Waals surface area contributed by atoms with E-state index in [-0.39, 0.29) is 11.5 Å². The van der Waals surface area contributed by atoms with Gasteiger partial charge in [-0.05, 0) is 43.2 Å². The molecule has 1 aromatic heterocycles. The Morgan fingerprint density at radius 1 is 1.30 bits per heavy atom. The number of benzene rings is 1. The van der Waals surface area contributed by atoms with E-state index in [4.69, 9.17) is 5.11 Å². The smallest absolute Gasteiger partial charge is 0.335 e. The van der Waals surface area contributed by atoms with Crippen LogP contribution in [0.3, 0.4) is 0 Å². The molecule has 0 saturated heterocycles. The molecule has 0 aliphatic carbocycles. The number of carboxylic acid groups (broad SMARTS) is 1. The number of hydrogen-bond donors (Lipinski definition) is 2. The summed E-state index contributed by atoms with van der Waals surface area (Å²) in [4.78, 5) is 28.3. The monoisotopic (exact) mass is 383 g/mol. The maximum absolute atomic E-state index is 12.6. The molecule has 0 aliphatic heterocycles. The Morgan fingerprint density at radius 2 is 2.07 bits per heavy atom. The second-order valence-corrected chi connectivity index (χ2v) is 7.10. The van der Waals surface area contributed by atoms with Gasteiger partial charge in [0.1, 0.15) is 11.1 Å². The van der Waals surface area contributed by atoms with Gasteiger partial charge in [0.05, 0.1) is 16.4 Å². The highest BCUT2D eigenvalue weighted by Gasteiger charge is 2.21. The van der Waals surface area contributed by atoms with Crippen molar-refractivity contribution in [3.63, 3.8) is 0 Å². The Bertz CT molecular complexity index is 877. The largest absolute Gasteiger partial charge is 0.478 e. The lowest BCUT2D eigenvalue weighted by Gasteiger charge is -2.15. The summed E-state index contributed by atoms with van der Waals surface area (Å²) in [6, 6.07) is 11.8. The summed E-state index contributed by atoms with van der Waals surface area (Å²) in [6.07, 6.45) is 2.30. The molecule has 1 aromatic carbocycles. The number of rotatable bonds is 8. The first-order chi connectivity index (χ1) is 13.0. The number of nitriles is 1. The van der Waals surface area contributed by atoms with Gasteiger partial charge in [-0.1, -0.05) is 38.1 Å². The molecule has 0 fully saturated rings. The Labute approximate surface area is 162 Å². The lowest BCUT2D eigenvalue weighted by atomic mass is 10.2. The van der Waals surface area contributed by atoms with Crippen molar-refractivity contribution in [3.8, 4) is 6.07 Å². The van der Waals surface area contributed by atoms with Crippen molar-refractivity contribution in [1.82, 2.24) is 4.98 Å². The van der Waals surface area contributed by atoms with E-state index in [1.54, 1.807) is 18.2 Å². The van der Waals surface area contributed by atoms with Gasteiger partial charge in [0.15, 0.2) is 0 Å². The number of nitrogens with one attached hydrogen (secondary N) is 1. The fourth-order valence-corrected chi connectivity index (χ4v) is 3.47. The molecular weight excluding hydrogens is 362 g/mol. The third kappa shape index (κ3) is 5.56. The zero-order valence-electron chi connectivity index (χ0n) is 15.2. The number of carbonyl (C=O) groups is 2.